The molecule has 1 saturated carbocycles. The van der Waals surface area contributed by atoms with Crippen molar-refractivity contribution < 1.29 is 13.5 Å². The van der Waals surface area contributed by atoms with Crippen molar-refractivity contribution in [3.05, 3.63) is 36.2 Å². The second kappa shape index (κ2) is 6.04. The molecule has 0 saturated heterocycles. The molecule has 4 nitrogen and oxygen atoms in total. The standard InChI is InChI=1S/C16H19F2N3O/c1-22-13-6-5-12(17)15(18)14(13)16-20-7-8-21(16)11-4-2-3-10(19)9-11/h5-8,10-11H,2-4,9,19H2,1H3/t10-,11+/m0/s1. The second-order valence-electron chi connectivity index (χ2n) is 5.68. The first-order valence-electron chi connectivity index (χ1n) is 7.42. The zero-order valence-electron chi connectivity index (χ0n) is 12.4. The lowest BCUT2D eigenvalue weighted by molar-refractivity contribution is 0.321. The molecule has 1 aliphatic rings. The summed E-state index contributed by atoms with van der Waals surface area (Å²) in [5.74, 6) is -1.20. The third-order valence-corrected chi connectivity index (χ3v) is 4.25. The van der Waals surface area contributed by atoms with E-state index in [1.807, 2.05) is 4.57 Å². The lowest BCUT2D eigenvalue weighted by Gasteiger charge is -2.29. The van der Waals surface area contributed by atoms with E-state index in [0.29, 0.717) is 5.82 Å². The Balaban J connectivity index is 2.07. The molecule has 1 aromatic carbocycles. The predicted octanol–water partition coefficient (Wildman–Crippen LogP) is 3.28. The number of methoxy groups -OCH3 is 1. The molecule has 1 aliphatic carbocycles. The highest BCUT2D eigenvalue weighted by molar-refractivity contribution is 5.65. The van der Waals surface area contributed by atoms with E-state index in [2.05, 4.69) is 4.98 Å². The highest BCUT2D eigenvalue weighted by atomic mass is 19.2. The van der Waals surface area contributed by atoms with Crippen molar-refractivity contribution in [2.45, 2.75) is 37.8 Å². The molecule has 2 atom stereocenters. The van der Waals surface area contributed by atoms with Crippen molar-refractivity contribution in [2.24, 2.45) is 5.73 Å². The van der Waals surface area contributed by atoms with Crippen LogP contribution in [0.3, 0.4) is 0 Å². The first-order chi connectivity index (χ1) is 10.6. The maximum absolute atomic E-state index is 14.3. The quantitative estimate of drug-likeness (QED) is 0.947. The number of imidazole rings is 1. The predicted molar refractivity (Wildman–Crippen MR) is 79.6 cm³/mol. The van der Waals surface area contributed by atoms with Gasteiger partial charge in [-0.3, -0.25) is 0 Å². The van der Waals surface area contributed by atoms with Crippen molar-refractivity contribution in [2.75, 3.05) is 7.11 Å². The molecule has 0 unspecified atom stereocenters. The van der Waals surface area contributed by atoms with Crippen molar-refractivity contribution in [3.8, 4) is 17.1 Å². The van der Waals surface area contributed by atoms with Gasteiger partial charge in [0.1, 0.15) is 11.6 Å². The summed E-state index contributed by atoms with van der Waals surface area (Å²) in [6.07, 6.45) is 7.17. The van der Waals surface area contributed by atoms with Crippen LogP contribution in [0.25, 0.3) is 11.4 Å². The van der Waals surface area contributed by atoms with E-state index in [1.165, 1.54) is 13.2 Å². The van der Waals surface area contributed by atoms with Gasteiger partial charge in [-0.25, -0.2) is 13.8 Å². The number of nitrogens with zero attached hydrogens (tertiary/aromatic N) is 2. The fourth-order valence-electron chi connectivity index (χ4n) is 3.17. The van der Waals surface area contributed by atoms with Crippen LogP contribution in [0.4, 0.5) is 8.78 Å². The zero-order valence-corrected chi connectivity index (χ0v) is 12.4. The maximum atomic E-state index is 14.3. The zero-order chi connectivity index (χ0) is 15.7. The molecule has 6 heteroatoms. The lowest BCUT2D eigenvalue weighted by atomic mass is 9.91. The van der Waals surface area contributed by atoms with Crippen LogP contribution in [0.1, 0.15) is 31.7 Å². The number of halogens is 2. The van der Waals surface area contributed by atoms with Gasteiger partial charge in [-0.2, -0.15) is 0 Å². The van der Waals surface area contributed by atoms with E-state index in [-0.39, 0.29) is 23.4 Å². The van der Waals surface area contributed by atoms with Crippen LogP contribution in [0.5, 0.6) is 5.75 Å². The summed E-state index contributed by atoms with van der Waals surface area (Å²) in [5, 5.41) is 0. The minimum absolute atomic E-state index is 0.0617. The Labute approximate surface area is 127 Å². The summed E-state index contributed by atoms with van der Waals surface area (Å²) in [4.78, 5) is 4.23. The fraction of sp³-hybridized carbons (Fsp3) is 0.438. The highest BCUT2D eigenvalue weighted by Gasteiger charge is 2.26. The third-order valence-electron chi connectivity index (χ3n) is 4.25. The van der Waals surface area contributed by atoms with E-state index >= 15 is 0 Å². The topological polar surface area (TPSA) is 53.1 Å². The number of aromatic nitrogens is 2. The Morgan fingerprint density at radius 1 is 1.32 bits per heavy atom. The SMILES string of the molecule is COc1ccc(F)c(F)c1-c1nccn1[C@@H]1CCC[C@H](N)C1. The van der Waals surface area contributed by atoms with E-state index < -0.39 is 11.6 Å². The summed E-state index contributed by atoms with van der Waals surface area (Å²) in [5.41, 5.74) is 6.10. The Bertz CT molecular complexity index is 671. The van der Waals surface area contributed by atoms with Gasteiger partial charge in [-0.15, -0.1) is 0 Å². The van der Waals surface area contributed by atoms with Crippen LogP contribution in [0, 0.1) is 11.6 Å². The Morgan fingerprint density at radius 3 is 2.86 bits per heavy atom. The minimum Gasteiger partial charge on any atom is -0.496 e. The molecule has 1 aromatic heterocycles. The minimum atomic E-state index is -0.938. The Kier molecular flexibility index (Phi) is 4.11. The van der Waals surface area contributed by atoms with Gasteiger partial charge in [0.15, 0.2) is 11.6 Å². The summed E-state index contributed by atoms with van der Waals surface area (Å²) >= 11 is 0. The number of ether oxygens (including phenoxy) is 1. The molecule has 1 fully saturated rings. The van der Waals surface area contributed by atoms with Gasteiger partial charge in [0, 0.05) is 24.5 Å². The molecule has 0 spiro atoms. The number of hydrogen-bond acceptors (Lipinski definition) is 3. The van der Waals surface area contributed by atoms with Crippen LogP contribution >= 0.6 is 0 Å². The fourth-order valence-corrected chi connectivity index (χ4v) is 3.17. The van der Waals surface area contributed by atoms with Crippen LogP contribution in [-0.2, 0) is 0 Å². The number of rotatable bonds is 3. The molecule has 22 heavy (non-hydrogen) atoms. The molecular formula is C16H19F2N3O. The molecule has 0 amide bonds. The first kappa shape index (κ1) is 15.0. The van der Waals surface area contributed by atoms with Crippen molar-refractivity contribution in [1.82, 2.24) is 9.55 Å². The largest absolute Gasteiger partial charge is 0.496 e. The average Bonchev–Trinajstić information content (AvgIpc) is 2.99. The van der Waals surface area contributed by atoms with E-state index in [9.17, 15) is 8.78 Å². The van der Waals surface area contributed by atoms with Crippen molar-refractivity contribution in [1.29, 1.82) is 0 Å². The lowest BCUT2D eigenvalue weighted by Crippen LogP contribution is -2.29. The van der Waals surface area contributed by atoms with Crippen molar-refractivity contribution >= 4 is 0 Å². The van der Waals surface area contributed by atoms with Gasteiger partial charge in [0.2, 0.25) is 0 Å². The van der Waals surface area contributed by atoms with Gasteiger partial charge in [-0.1, -0.05) is 0 Å². The first-order valence-corrected chi connectivity index (χ1v) is 7.42. The number of hydrogen-bond donors (Lipinski definition) is 1. The highest BCUT2D eigenvalue weighted by Crippen LogP contribution is 2.37. The number of benzene rings is 1. The van der Waals surface area contributed by atoms with E-state index in [0.717, 1.165) is 31.7 Å². The van der Waals surface area contributed by atoms with Gasteiger partial charge in [0.25, 0.3) is 0 Å². The van der Waals surface area contributed by atoms with Gasteiger partial charge in [-0.05, 0) is 37.8 Å². The summed E-state index contributed by atoms with van der Waals surface area (Å²) in [7, 11) is 1.43. The molecule has 0 bridgehead atoms. The van der Waals surface area contributed by atoms with Gasteiger partial charge >= 0.3 is 0 Å². The summed E-state index contributed by atoms with van der Waals surface area (Å²) < 4.78 is 35.0. The molecule has 118 valence electrons. The van der Waals surface area contributed by atoms with Crippen molar-refractivity contribution in [3.63, 3.8) is 0 Å². The van der Waals surface area contributed by atoms with Crippen LogP contribution in [0.15, 0.2) is 24.5 Å². The second-order valence-corrected chi connectivity index (χ2v) is 5.68. The third kappa shape index (κ3) is 2.59. The van der Waals surface area contributed by atoms with Gasteiger partial charge < -0.3 is 15.0 Å². The number of nitrogens with two attached hydrogens (primary N) is 1. The normalized spacial score (nSPS) is 21.8. The van der Waals surface area contributed by atoms with Crippen LogP contribution in [0.2, 0.25) is 0 Å². The van der Waals surface area contributed by atoms with Crippen LogP contribution < -0.4 is 10.5 Å². The Morgan fingerprint density at radius 2 is 2.14 bits per heavy atom. The maximum Gasteiger partial charge on any atom is 0.173 e. The summed E-state index contributed by atoms with van der Waals surface area (Å²) in [6, 6.07) is 2.75. The summed E-state index contributed by atoms with van der Waals surface area (Å²) in [6.45, 7) is 0. The molecule has 2 N–H and O–H groups in total. The molecular weight excluding hydrogens is 288 g/mol. The van der Waals surface area contributed by atoms with E-state index in [4.69, 9.17) is 10.5 Å². The average molecular weight is 307 g/mol. The molecule has 1 heterocycles. The molecule has 0 radical (unpaired) electrons. The smallest absolute Gasteiger partial charge is 0.173 e. The Hall–Kier alpha value is -1.95. The molecule has 2 aromatic rings. The van der Waals surface area contributed by atoms with Gasteiger partial charge in [0.05, 0.1) is 12.7 Å². The molecule has 3 rings (SSSR count). The monoisotopic (exact) mass is 307 g/mol. The molecule has 0 aliphatic heterocycles. The van der Waals surface area contributed by atoms with Crippen LogP contribution in [-0.4, -0.2) is 22.7 Å². The van der Waals surface area contributed by atoms with E-state index in [1.54, 1.807) is 12.4 Å².